The second kappa shape index (κ2) is 5.14. The summed E-state index contributed by atoms with van der Waals surface area (Å²) in [5.74, 6) is -0.937. The molecule has 0 spiro atoms. The van der Waals surface area contributed by atoms with Crippen LogP contribution in [0.4, 0.5) is 0 Å². The minimum Gasteiger partial charge on any atom is -0.451 e. The third-order valence-electron chi connectivity index (χ3n) is 4.10. The first kappa shape index (κ1) is 14.6. The number of amides is 2. The van der Waals surface area contributed by atoms with Crippen LogP contribution in [0.15, 0.2) is 28.7 Å². The van der Waals surface area contributed by atoms with Gasteiger partial charge in [-0.05, 0) is 38.0 Å². The molecule has 1 aliphatic heterocycles. The lowest BCUT2D eigenvalue weighted by Crippen LogP contribution is -2.57. The topological polar surface area (TPSA) is 96.8 Å². The molecule has 1 aromatic carbocycles. The fourth-order valence-corrected chi connectivity index (χ4v) is 2.83. The number of rotatable bonds is 2. The van der Waals surface area contributed by atoms with Crippen LogP contribution in [0.5, 0.6) is 0 Å². The van der Waals surface area contributed by atoms with Gasteiger partial charge in [-0.25, -0.2) is 0 Å². The maximum absolute atomic E-state index is 12.5. The van der Waals surface area contributed by atoms with Crippen LogP contribution in [0.1, 0.15) is 29.0 Å². The maximum Gasteiger partial charge on any atom is 0.289 e. The van der Waals surface area contributed by atoms with Crippen LogP contribution < -0.4 is 5.73 Å². The summed E-state index contributed by atoms with van der Waals surface area (Å²) in [4.78, 5) is 25.3. The van der Waals surface area contributed by atoms with Gasteiger partial charge in [-0.15, -0.1) is 0 Å². The molecule has 0 radical (unpaired) electrons. The molecular weight excluding hydrogens is 284 g/mol. The van der Waals surface area contributed by atoms with Crippen molar-refractivity contribution in [3.05, 3.63) is 35.6 Å². The molecule has 1 aromatic heterocycles. The average molecular weight is 302 g/mol. The number of aryl methyl sites for hydroxylation is 1. The third-order valence-corrected chi connectivity index (χ3v) is 4.10. The van der Waals surface area contributed by atoms with Crippen molar-refractivity contribution >= 4 is 22.8 Å². The molecule has 0 saturated carbocycles. The lowest BCUT2D eigenvalue weighted by Gasteiger charge is -2.36. The number of nitrogens with two attached hydrogens (primary N) is 1. The number of nitrogens with zero attached hydrogens (tertiary/aromatic N) is 1. The molecule has 0 bridgehead atoms. The number of carbonyl (C=O) groups excluding carboxylic acids is 2. The van der Waals surface area contributed by atoms with Gasteiger partial charge < -0.3 is 20.2 Å². The number of aliphatic hydroxyl groups is 1. The van der Waals surface area contributed by atoms with E-state index in [0.717, 1.165) is 10.9 Å². The highest BCUT2D eigenvalue weighted by Gasteiger charge is 2.40. The Morgan fingerprint density at radius 3 is 2.86 bits per heavy atom. The predicted molar refractivity (Wildman–Crippen MR) is 80.2 cm³/mol. The fraction of sp³-hybridized carbons (Fsp3) is 0.375. The van der Waals surface area contributed by atoms with Crippen molar-refractivity contribution in [1.82, 2.24) is 4.90 Å². The van der Waals surface area contributed by atoms with E-state index in [1.165, 1.54) is 4.90 Å². The van der Waals surface area contributed by atoms with E-state index in [1.54, 1.807) is 6.07 Å². The van der Waals surface area contributed by atoms with Gasteiger partial charge in [0.1, 0.15) is 5.58 Å². The molecule has 116 valence electrons. The summed E-state index contributed by atoms with van der Waals surface area (Å²) in [7, 11) is 0. The van der Waals surface area contributed by atoms with Crippen LogP contribution in [-0.4, -0.2) is 40.5 Å². The number of likely N-dealkylation sites (tertiary alicyclic amines) is 1. The molecule has 2 heterocycles. The highest BCUT2D eigenvalue weighted by molar-refractivity contribution is 5.97. The predicted octanol–water partition coefficient (Wildman–Crippen LogP) is 1.19. The Labute approximate surface area is 127 Å². The van der Waals surface area contributed by atoms with E-state index in [-0.39, 0.29) is 24.6 Å². The van der Waals surface area contributed by atoms with E-state index in [2.05, 4.69) is 0 Å². The molecule has 1 saturated heterocycles. The molecule has 6 nitrogen and oxygen atoms in total. The van der Waals surface area contributed by atoms with Gasteiger partial charge in [-0.2, -0.15) is 0 Å². The van der Waals surface area contributed by atoms with E-state index in [4.69, 9.17) is 10.2 Å². The summed E-state index contributed by atoms with van der Waals surface area (Å²) in [6, 6.07) is 7.35. The number of hydrogen-bond donors (Lipinski definition) is 2. The molecule has 0 unspecified atom stereocenters. The Hall–Kier alpha value is -2.34. The van der Waals surface area contributed by atoms with Crippen molar-refractivity contribution in [2.45, 2.75) is 25.4 Å². The average Bonchev–Trinajstić information content (AvgIpc) is 2.89. The van der Waals surface area contributed by atoms with Crippen molar-refractivity contribution in [3.63, 3.8) is 0 Å². The van der Waals surface area contributed by atoms with Gasteiger partial charge in [0.25, 0.3) is 11.8 Å². The highest BCUT2D eigenvalue weighted by Crippen LogP contribution is 2.25. The lowest BCUT2D eigenvalue weighted by molar-refractivity contribution is -0.140. The number of fused-ring (bicyclic) bond motifs is 1. The van der Waals surface area contributed by atoms with E-state index in [9.17, 15) is 14.7 Å². The SMILES string of the molecule is Cc1ccc2oc(C(=O)N3CCC[C@](O)(C(N)=O)C3)cc2c1. The van der Waals surface area contributed by atoms with E-state index in [1.807, 2.05) is 25.1 Å². The van der Waals surface area contributed by atoms with Crippen LogP contribution in [0.25, 0.3) is 11.0 Å². The molecule has 3 rings (SSSR count). The summed E-state index contributed by atoms with van der Waals surface area (Å²) in [5, 5.41) is 11.0. The van der Waals surface area contributed by atoms with Gasteiger partial charge >= 0.3 is 0 Å². The molecule has 1 aliphatic rings. The van der Waals surface area contributed by atoms with Crippen molar-refractivity contribution < 1.29 is 19.1 Å². The van der Waals surface area contributed by atoms with E-state index < -0.39 is 11.5 Å². The molecular formula is C16H18N2O4. The first-order valence-corrected chi connectivity index (χ1v) is 7.21. The Morgan fingerprint density at radius 1 is 1.36 bits per heavy atom. The standard InChI is InChI=1S/C16H18N2O4/c1-10-3-4-12-11(7-10)8-13(22-12)14(19)18-6-2-5-16(21,9-18)15(17)20/h3-4,7-8,21H,2,5-6,9H2,1H3,(H2,17,20)/t16-/m1/s1. The van der Waals surface area contributed by atoms with Crippen LogP contribution in [0.2, 0.25) is 0 Å². The van der Waals surface area contributed by atoms with Crippen molar-refractivity contribution in [1.29, 1.82) is 0 Å². The molecule has 6 heteroatoms. The first-order chi connectivity index (χ1) is 10.4. The molecule has 3 N–H and O–H groups in total. The zero-order valence-corrected chi connectivity index (χ0v) is 12.3. The smallest absolute Gasteiger partial charge is 0.289 e. The summed E-state index contributed by atoms with van der Waals surface area (Å²) < 4.78 is 5.58. The molecule has 0 aliphatic carbocycles. The largest absolute Gasteiger partial charge is 0.451 e. The van der Waals surface area contributed by atoms with Gasteiger partial charge in [0.2, 0.25) is 0 Å². The maximum atomic E-state index is 12.5. The minimum absolute atomic E-state index is 0.1000. The van der Waals surface area contributed by atoms with Crippen molar-refractivity contribution in [2.75, 3.05) is 13.1 Å². The first-order valence-electron chi connectivity index (χ1n) is 7.21. The van der Waals surface area contributed by atoms with E-state index in [0.29, 0.717) is 18.5 Å². The van der Waals surface area contributed by atoms with Gasteiger partial charge in [-0.3, -0.25) is 9.59 Å². The Morgan fingerprint density at radius 2 is 2.14 bits per heavy atom. The van der Waals surface area contributed by atoms with Gasteiger partial charge in [0.05, 0.1) is 6.54 Å². The lowest BCUT2D eigenvalue weighted by atomic mass is 9.92. The summed E-state index contributed by atoms with van der Waals surface area (Å²) in [5.41, 5.74) is 5.29. The number of benzene rings is 1. The number of carbonyl (C=O) groups is 2. The Bertz CT molecular complexity index is 752. The Kier molecular flexibility index (Phi) is 3.41. The van der Waals surface area contributed by atoms with Crippen LogP contribution in [0.3, 0.4) is 0 Å². The van der Waals surface area contributed by atoms with Crippen LogP contribution >= 0.6 is 0 Å². The minimum atomic E-state index is -1.66. The molecule has 1 atom stereocenters. The zero-order valence-electron chi connectivity index (χ0n) is 12.3. The van der Waals surface area contributed by atoms with Crippen LogP contribution in [-0.2, 0) is 4.79 Å². The monoisotopic (exact) mass is 302 g/mol. The second-order valence-corrected chi connectivity index (χ2v) is 5.88. The van der Waals surface area contributed by atoms with Gasteiger partial charge in [-0.1, -0.05) is 11.6 Å². The normalized spacial score (nSPS) is 22.0. The van der Waals surface area contributed by atoms with E-state index >= 15 is 0 Å². The van der Waals surface area contributed by atoms with Crippen LogP contribution in [0, 0.1) is 6.92 Å². The molecule has 1 fully saturated rings. The number of furan rings is 1. The van der Waals surface area contributed by atoms with Crippen molar-refractivity contribution in [2.24, 2.45) is 5.73 Å². The molecule has 22 heavy (non-hydrogen) atoms. The van der Waals surface area contributed by atoms with Gasteiger partial charge in [0, 0.05) is 11.9 Å². The number of β-amino-alcohol motifs (C(OH)–C–C–N with tert-alkyl or cyclic N) is 1. The second-order valence-electron chi connectivity index (χ2n) is 5.88. The summed E-state index contributed by atoms with van der Waals surface area (Å²) in [6.45, 7) is 2.33. The zero-order chi connectivity index (χ0) is 15.9. The number of primary amides is 1. The Balaban J connectivity index is 1.87. The summed E-state index contributed by atoms with van der Waals surface area (Å²) in [6.07, 6.45) is 0.788. The fourth-order valence-electron chi connectivity index (χ4n) is 2.83. The summed E-state index contributed by atoms with van der Waals surface area (Å²) >= 11 is 0. The van der Waals surface area contributed by atoms with Gasteiger partial charge in [0.15, 0.2) is 11.4 Å². The van der Waals surface area contributed by atoms with Crippen molar-refractivity contribution in [3.8, 4) is 0 Å². The quantitative estimate of drug-likeness (QED) is 0.871. The number of piperidine rings is 1. The number of hydrogen-bond acceptors (Lipinski definition) is 4. The molecule has 2 amide bonds. The third kappa shape index (κ3) is 2.46. The molecule has 2 aromatic rings. The highest BCUT2D eigenvalue weighted by atomic mass is 16.3.